The van der Waals surface area contributed by atoms with Crippen molar-refractivity contribution in [2.45, 2.75) is 117 Å². The first-order valence-electron chi connectivity index (χ1n) is 16.0. The summed E-state index contributed by atoms with van der Waals surface area (Å²) in [6.07, 6.45) is 5.67. The molecule has 0 saturated carbocycles. The van der Waals surface area contributed by atoms with Crippen molar-refractivity contribution in [3.05, 3.63) is 16.1 Å². The van der Waals surface area contributed by atoms with E-state index in [0.29, 0.717) is 18.0 Å². The van der Waals surface area contributed by atoms with Crippen LogP contribution in [0.1, 0.15) is 114 Å². The molecule has 1 fully saturated rings. The average molecular weight is 640 g/mol. The van der Waals surface area contributed by atoms with E-state index >= 15 is 0 Å². The Balaban J connectivity index is 2.45. The zero-order chi connectivity index (χ0) is 32.8. The number of carboxylic acid groups (broad SMARTS) is 1. The monoisotopic (exact) mass is 639 g/mol. The van der Waals surface area contributed by atoms with Crippen molar-refractivity contribution in [1.82, 2.24) is 25.6 Å². The minimum Gasteiger partial charge on any atom is -0.476 e. The van der Waals surface area contributed by atoms with E-state index in [-0.39, 0.29) is 41.8 Å². The lowest BCUT2D eigenvalue weighted by atomic mass is 9.93. The van der Waals surface area contributed by atoms with Gasteiger partial charge in [-0.15, -0.1) is 11.3 Å². The number of ether oxygens (including phenoxy) is 1. The number of carbonyl (C=O) groups is 4. The smallest absolute Gasteiger partial charge is 0.407 e. The molecule has 12 nitrogen and oxygen atoms in total. The fourth-order valence-electron chi connectivity index (χ4n) is 5.27. The molecule has 0 aliphatic carbocycles. The van der Waals surface area contributed by atoms with Crippen molar-refractivity contribution in [2.24, 2.45) is 11.8 Å². The molecule has 1 aliphatic heterocycles. The Morgan fingerprint density at radius 2 is 1.89 bits per heavy atom. The van der Waals surface area contributed by atoms with Crippen LogP contribution in [0, 0.1) is 11.8 Å². The van der Waals surface area contributed by atoms with Crippen molar-refractivity contribution in [3.8, 4) is 0 Å². The number of amides is 3. The van der Waals surface area contributed by atoms with Gasteiger partial charge in [0.15, 0.2) is 11.8 Å². The van der Waals surface area contributed by atoms with Crippen molar-refractivity contribution < 1.29 is 33.9 Å². The number of carbonyl (C=O) groups excluding carboxylic acids is 3. The number of piperidine rings is 1. The molecule has 0 bridgehead atoms. The number of rotatable bonds is 18. The highest BCUT2D eigenvalue weighted by Crippen LogP contribution is 2.32. The topological polar surface area (TPSA) is 150 Å². The molecule has 0 aromatic carbocycles. The average Bonchev–Trinajstić information content (AvgIpc) is 3.50. The molecule has 1 aliphatic rings. The summed E-state index contributed by atoms with van der Waals surface area (Å²) in [6, 6.07) is -1.70. The van der Waals surface area contributed by atoms with Crippen molar-refractivity contribution in [1.29, 1.82) is 0 Å². The molecule has 1 saturated heterocycles. The number of hydrogen-bond acceptors (Lipinski definition) is 9. The number of unbranched alkanes of at least 4 members (excludes halogenated alkanes) is 3. The lowest BCUT2D eigenvalue weighted by Gasteiger charge is -2.39. The van der Waals surface area contributed by atoms with Gasteiger partial charge in [0.25, 0.3) is 5.91 Å². The van der Waals surface area contributed by atoms with Crippen LogP contribution in [0.4, 0.5) is 4.79 Å². The summed E-state index contributed by atoms with van der Waals surface area (Å²) in [5.41, 5.74) is -0.149. The number of aromatic carboxylic acids is 1. The Morgan fingerprint density at radius 1 is 1.16 bits per heavy atom. The number of carboxylic acids is 1. The molecule has 13 heteroatoms. The second-order valence-electron chi connectivity index (χ2n) is 12.0. The van der Waals surface area contributed by atoms with Gasteiger partial charge in [-0.3, -0.25) is 19.3 Å². The standard InChI is InChI=1S/C31H53N5O7S/c1-8-10-11-14-17-42-36(29(38)26(21(5)9-2)34-27(37)23-15-12-13-16-35(23)7)24(20(3)4)18-25(43-31(41)32-6)28-33-22(19-44-28)30(39)40/h19-21,23-26H,8-18H2,1-7H3,(H,32,41)(H,34,37)(H,39,40)/t21-,23+,24+,25+,26-/m0/s1. The molecule has 2 heterocycles. The maximum atomic E-state index is 14.5. The number of likely N-dealkylation sites (N-methyl/N-ethyl adjacent to an activating group) is 1. The number of nitrogens with zero attached hydrogens (tertiary/aromatic N) is 3. The molecule has 250 valence electrons. The second-order valence-corrected chi connectivity index (χ2v) is 12.9. The third-order valence-electron chi connectivity index (χ3n) is 8.29. The van der Waals surface area contributed by atoms with Gasteiger partial charge in [-0.1, -0.05) is 66.7 Å². The predicted octanol–water partition coefficient (Wildman–Crippen LogP) is 5.01. The molecule has 44 heavy (non-hydrogen) atoms. The normalized spacial score (nSPS) is 18.2. The number of thiazole rings is 1. The van der Waals surface area contributed by atoms with E-state index < -0.39 is 30.3 Å². The molecule has 2 rings (SSSR count). The highest BCUT2D eigenvalue weighted by Gasteiger charge is 2.39. The summed E-state index contributed by atoms with van der Waals surface area (Å²) in [5, 5.41) is 18.0. The Hall–Kier alpha value is -2.77. The summed E-state index contributed by atoms with van der Waals surface area (Å²) in [5.74, 6) is -2.03. The van der Waals surface area contributed by atoms with E-state index in [1.54, 1.807) is 0 Å². The third kappa shape index (κ3) is 11.0. The van der Waals surface area contributed by atoms with Crippen molar-refractivity contribution in [3.63, 3.8) is 0 Å². The fraction of sp³-hybridized carbons (Fsp3) is 0.774. The predicted molar refractivity (Wildman–Crippen MR) is 169 cm³/mol. The van der Waals surface area contributed by atoms with Gasteiger partial charge in [0.1, 0.15) is 11.0 Å². The number of alkyl carbamates (subject to hydrolysis) is 1. The summed E-state index contributed by atoms with van der Waals surface area (Å²) in [6.45, 7) is 11.1. The van der Waals surface area contributed by atoms with Crippen molar-refractivity contribution in [2.75, 3.05) is 27.2 Å². The van der Waals surface area contributed by atoms with Crippen LogP contribution < -0.4 is 10.6 Å². The van der Waals surface area contributed by atoms with Crippen LogP contribution in [0.25, 0.3) is 0 Å². The van der Waals surface area contributed by atoms with Gasteiger partial charge in [-0.2, -0.15) is 0 Å². The molecule has 0 unspecified atom stereocenters. The first kappa shape index (κ1) is 37.4. The quantitative estimate of drug-likeness (QED) is 0.149. The number of likely N-dealkylation sites (tertiary alicyclic amines) is 1. The largest absolute Gasteiger partial charge is 0.476 e. The Bertz CT molecular complexity index is 1070. The van der Waals surface area contributed by atoms with E-state index in [9.17, 15) is 24.3 Å². The summed E-state index contributed by atoms with van der Waals surface area (Å²) < 4.78 is 5.67. The molecule has 3 N–H and O–H groups in total. The summed E-state index contributed by atoms with van der Waals surface area (Å²) >= 11 is 1.08. The van der Waals surface area contributed by atoms with Gasteiger partial charge in [-0.05, 0) is 44.7 Å². The van der Waals surface area contributed by atoms with Gasteiger partial charge in [0.05, 0.1) is 18.7 Å². The van der Waals surface area contributed by atoms with Crippen LogP contribution in [0.3, 0.4) is 0 Å². The maximum Gasteiger partial charge on any atom is 0.407 e. The molecule has 3 amide bonds. The third-order valence-corrected chi connectivity index (χ3v) is 9.23. The van der Waals surface area contributed by atoms with Crippen LogP contribution in [-0.4, -0.2) is 89.3 Å². The van der Waals surface area contributed by atoms with Gasteiger partial charge in [0, 0.05) is 18.8 Å². The molecular formula is C31H53N5O7S. The number of aromatic nitrogens is 1. The zero-order valence-electron chi connectivity index (χ0n) is 27.5. The first-order chi connectivity index (χ1) is 20.9. The van der Waals surface area contributed by atoms with E-state index in [1.165, 1.54) is 17.5 Å². The van der Waals surface area contributed by atoms with E-state index in [1.807, 2.05) is 39.6 Å². The van der Waals surface area contributed by atoms with Crippen LogP contribution in [0.2, 0.25) is 0 Å². The Morgan fingerprint density at radius 3 is 2.45 bits per heavy atom. The van der Waals surface area contributed by atoms with E-state index in [2.05, 4.69) is 22.5 Å². The first-order valence-corrected chi connectivity index (χ1v) is 16.9. The van der Waals surface area contributed by atoms with Crippen LogP contribution in [0.15, 0.2) is 5.38 Å². The Kier molecular flexibility index (Phi) is 16.1. The Labute approximate surface area is 266 Å². The molecule has 0 spiro atoms. The van der Waals surface area contributed by atoms with Gasteiger partial charge in [-0.25, -0.2) is 19.6 Å². The number of hydrogen-bond donors (Lipinski definition) is 3. The molecule has 1 aromatic rings. The lowest BCUT2D eigenvalue weighted by Crippen LogP contribution is -2.58. The van der Waals surface area contributed by atoms with Gasteiger partial charge >= 0.3 is 12.1 Å². The SMILES string of the molecule is CCCCCCON(C(=O)[C@@H](NC(=O)[C@H]1CCCCN1C)[C@@H](C)CC)[C@H](C[C@@H](OC(=O)NC)c1nc(C(=O)O)cs1)C(C)C. The summed E-state index contributed by atoms with van der Waals surface area (Å²) in [4.78, 5) is 64.4. The van der Waals surface area contributed by atoms with Gasteiger partial charge < -0.3 is 20.5 Å². The van der Waals surface area contributed by atoms with Crippen LogP contribution in [0.5, 0.6) is 0 Å². The maximum absolute atomic E-state index is 14.5. The van der Waals surface area contributed by atoms with E-state index in [4.69, 9.17) is 9.57 Å². The van der Waals surface area contributed by atoms with Gasteiger partial charge in [0.2, 0.25) is 5.91 Å². The number of hydroxylamine groups is 2. The zero-order valence-corrected chi connectivity index (χ0v) is 28.3. The highest BCUT2D eigenvalue weighted by molar-refractivity contribution is 7.09. The van der Waals surface area contributed by atoms with Crippen molar-refractivity contribution >= 4 is 35.2 Å². The lowest BCUT2D eigenvalue weighted by molar-refractivity contribution is -0.212. The molecule has 0 radical (unpaired) electrons. The molecule has 1 aromatic heterocycles. The minimum atomic E-state index is -1.19. The highest BCUT2D eigenvalue weighted by atomic mass is 32.1. The number of nitrogens with one attached hydrogen (secondary N) is 2. The summed E-state index contributed by atoms with van der Waals surface area (Å²) in [7, 11) is 3.37. The fourth-order valence-corrected chi connectivity index (χ4v) is 6.10. The minimum absolute atomic E-state index is 0.116. The second kappa shape index (κ2) is 18.9. The van der Waals surface area contributed by atoms with Crippen LogP contribution >= 0.6 is 11.3 Å². The molecular weight excluding hydrogens is 586 g/mol. The molecule has 5 atom stereocenters. The van der Waals surface area contributed by atoms with E-state index in [0.717, 1.165) is 62.8 Å². The van der Waals surface area contributed by atoms with Crippen LogP contribution in [-0.2, 0) is 19.2 Å².